The molecular formula is C11H16N2O3S2. The molecule has 0 bridgehead atoms. The number of amides is 1. The molecule has 5 nitrogen and oxygen atoms in total. The molecule has 0 N–H and O–H groups in total. The Labute approximate surface area is 118 Å². The highest BCUT2D eigenvalue weighted by atomic mass is 32.2. The van der Waals surface area contributed by atoms with Crippen LogP contribution in [0.15, 0.2) is 24.3 Å². The maximum Gasteiger partial charge on any atom is 0.430 e. The lowest BCUT2D eigenvalue weighted by atomic mass is 10.3. The molecule has 0 saturated carbocycles. The smallest absolute Gasteiger partial charge is 0.430 e. The summed E-state index contributed by atoms with van der Waals surface area (Å²) in [6, 6.07) is 7.04. The SMILES string of the molecule is CCCOC(=O)N(c1ccccc1OC)N(S)S. The highest BCUT2D eigenvalue weighted by molar-refractivity contribution is 7.93. The van der Waals surface area contributed by atoms with Crippen molar-refractivity contribution < 1.29 is 14.3 Å². The summed E-state index contributed by atoms with van der Waals surface area (Å²) in [6.07, 6.45) is 0.177. The van der Waals surface area contributed by atoms with Crippen molar-refractivity contribution in [2.24, 2.45) is 0 Å². The van der Waals surface area contributed by atoms with Gasteiger partial charge < -0.3 is 9.47 Å². The third kappa shape index (κ3) is 3.72. The van der Waals surface area contributed by atoms with Crippen molar-refractivity contribution in [1.29, 1.82) is 0 Å². The Balaban J connectivity index is 3.00. The second kappa shape index (κ2) is 7.40. The molecule has 0 aliphatic rings. The third-order valence-electron chi connectivity index (χ3n) is 2.09. The van der Waals surface area contributed by atoms with Gasteiger partial charge in [0.2, 0.25) is 0 Å². The van der Waals surface area contributed by atoms with Gasteiger partial charge in [-0.15, -0.1) is 3.82 Å². The molecule has 0 spiro atoms. The van der Waals surface area contributed by atoms with Gasteiger partial charge in [-0.2, -0.15) is 5.01 Å². The molecule has 1 aromatic carbocycles. The Hall–Kier alpha value is -1.05. The molecular weight excluding hydrogens is 272 g/mol. The molecule has 0 heterocycles. The van der Waals surface area contributed by atoms with Crippen LogP contribution >= 0.6 is 25.6 Å². The van der Waals surface area contributed by atoms with Gasteiger partial charge in [0, 0.05) is 0 Å². The van der Waals surface area contributed by atoms with Crippen LogP contribution in [-0.2, 0) is 4.74 Å². The molecule has 1 rings (SSSR count). The zero-order chi connectivity index (χ0) is 13.5. The number of methoxy groups -OCH3 is 1. The number of carbonyl (C=O) groups excluding carboxylic acids is 1. The molecule has 0 unspecified atom stereocenters. The van der Waals surface area contributed by atoms with Crippen LogP contribution < -0.4 is 9.75 Å². The maximum atomic E-state index is 11.9. The Morgan fingerprint density at radius 2 is 2.00 bits per heavy atom. The van der Waals surface area contributed by atoms with E-state index in [9.17, 15) is 4.79 Å². The molecule has 0 aromatic heterocycles. The van der Waals surface area contributed by atoms with Crippen LogP contribution in [0.3, 0.4) is 0 Å². The average Bonchev–Trinajstić information content (AvgIpc) is 2.36. The van der Waals surface area contributed by atoms with Crippen molar-refractivity contribution in [2.45, 2.75) is 13.3 Å². The van der Waals surface area contributed by atoms with Crippen LogP contribution in [0.5, 0.6) is 5.75 Å². The summed E-state index contributed by atoms with van der Waals surface area (Å²) >= 11 is 8.04. The van der Waals surface area contributed by atoms with Gasteiger partial charge in [0.15, 0.2) is 0 Å². The van der Waals surface area contributed by atoms with Gasteiger partial charge in [-0.25, -0.2) is 4.79 Å². The molecule has 1 aromatic rings. The van der Waals surface area contributed by atoms with Gasteiger partial charge in [-0.05, 0) is 18.6 Å². The summed E-state index contributed by atoms with van der Waals surface area (Å²) in [6.45, 7) is 2.25. The molecule has 18 heavy (non-hydrogen) atoms. The number of para-hydroxylation sites is 2. The monoisotopic (exact) mass is 288 g/mol. The normalized spacial score (nSPS) is 10.3. The molecule has 0 aliphatic heterocycles. The Morgan fingerprint density at radius 1 is 1.33 bits per heavy atom. The number of anilines is 1. The number of nitrogens with zero attached hydrogens (tertiary/aromatic N) is 2. The first kappa shape index (κ1) is 15.0. The molecule has 0 fully saturated rings. The zero-order valence-corrected chi connectivity index (χ0v) is 12.0. The summed E-state index contributed by atoms with van der Waals surface area (Å²) in [7, 11) is 1.52. The predicted octanol–water partition coefficient (Wildman–Crippen LogP) is 2.95. The van der Waals surface area contributed by atoms with Crippen LogP contribution in [0.25, 0.3) is 0 Å². The van der Waals surface area contributed by atoms with E-state index in [2.05, 4.69) is 25.6 Å². The van der Waals surface area contributed by atoms with Crippen molar-refractivity contribution in [2.75, 3.05) is 18.7 Å². The topological polar surface area (TPSA) is 42.0 Å². The van der Waals surface area contributed by atoms with Crippen molar-refractivity contribution in [3.8, 4) is 5.75 Å². The van der Waals surface area contributed by atoms with Crippen molar-refractivity contribution in [3.63, 3.8) is 0 Å². The standard InChI is InChI=1S/C11H16N2O3S2/c1-3-8-16-11(14)12(13(17)18)9-6-4-5-7-10(9)15-2/h4-7,17-18H,3,8H2,1-2H3. The molecule has 0 saturated heterocycles. The largest absolute Gasteiger partial charge is 0.495 e. The van der Waals surface area contributed by atoms with E-state index in [1.54, 1.807) is 24.3 Å². The summed E-state index contributed by atoms with van der Waals surface area (Å²) in [5.74, 6) is 0.527. The Bertz CT molecular complexity index is 402. The van der Waals surface area contributed by atoms with Crippen LogP contribution in [0, 0.1) is 0 Å². The first-order valence-corrected chi connectivity index (χ1v) is 6.19. The number of benzene rings is 1. The number of ether oxygens (including phenoxy) is 2. The quantitative estimate of drug-likeness (QED) is 0.646. The molecule has 0 atom stereocenters. The minimum absolute atomic E-state index is 0.333. The molecule has 0 aliphatic carbocycles. The molecule has 7 heteroatoms. The Kier molecular flexibility index (Phi) is 6.17. The van der Waals surface area contributed by atoms with E-state index in [1.165, 1.54) is 12.1 Å². The van der Waals surface area contributed by atoms with E-state index < -0.39 is 6.09 Å². The van der Waals surface area contributed by atoms with E-state index in [0.29, 0.717) is 18.0 Å². The minimum Gasteiger partial charge on any atom is -0.495 e. The number of hydrogen-bond acceptors (Lipinski definition) is 6. The van der Waals surface area contributed by atoms with E-state index in [4.69, 9.17) is 9.47 Å². The van der Waals surface area contributed by atoms with Crippen LogP contribution in [-0.4, -0.2) is 23.6 Å². The molecule has 0 radical (unpaired) electrons. The fourth-order valence-electron chi connectivity index (χ4n) is 1.32. The second-order valence-corrected chi connectivity index (χ2v) is 4.44. The first-order valence-electron chi connectivity index (χ1n) is 5.39. The highest BCUT2D eigenvalue weighted by Gasteiger charge is 2.24. The van der Waals surface area contributed by atoms with Crippen LogP contribution in [0.1, 0.15) is 13.3 Å². The number of carbonyl (C=O) groups is 1. The van der Waals surface area contributed by atoms with Crippen molar-refractivity contribution in [1.82, 2.24) is 3.82 Å². The minimum atomic E-state index is -0.564. The van der Waals surface area contributed by atoms with Gasteiger partial charge in [-0.1, -0.05) is 44.7 Å². The summed E-state index contributed by atoms with van der Waals surface area (Å²) < 4.78 is 11.3. The molecule has 1 amide bonds. The maximum absolute atomic E-state index is 11.9. The van der Waals surface area contributed by atoms with E-state index in [-0.39, 0.29) is 0 Å². The fraction of sp³-hybridized carbons (Fsp3) is 0.364. The average molecular weight is 288 g/mol. The fourth-order valence-corrected chi connectivity index (χ4v) is 1.66. The summed E-state index contributed by atoms with van der Waals surface area (Å²) in [5, 5.41) is 1.17. The lowest BCUT2D eigenvalue weighted by Gasteiger charge is -2.26. The van der Waals surface area contributed by atoms with Gasteiger partial charge in [0.05, 0.1) is 13.7 Å². The lowest BCUT2D eigenvalue weighted by Crippen LogP contribution is -2.37. The van der Waals surface area contributed by atoms with E-state index in [1.807, 2.05) is 6.92 Å². The van der Waals surface area contributed by atoms with Crippen LogP contribution in [0.4, 0.5) is 10.5 Å². The summed E-state index contributed by atoms with van der Waals surface area (Å²) in [4.78, 5) is 11.9. The Morgan fingerprint density at radius 3 is 2.56 bits per heavy atom. The van der Waals surface area contributed by atoms with Gasteiger partial charge >= 0.3 is 6.09 Å². The third-order valence-corrected chi connectivity index (χ3v) is 2.45. The van der Waals surface area contributed by atoms with Gasteiger partial charge in [0.1, 0.15) is 11.4 Å². The predicted molar refractivity (Wildman–Crippen MR) is 76.9 cm³/mol. The molecule has 100 valence electrons. The second-order valence-electron chi connectivity index (χ2n) is 3.37. The number of hydrogen-bond donors (Lipinski definition) is 2. The number of thiol groups is 2. The zero-order valence-electron chi connectivity index (χ0n) is 10.2. The van der Waals surface area contributed by atoms with Crippen molar-refractivity contribution in [3.05, 3.63) is 24.3 Å². The lowest BCUT2D eigenvalue weighted by molar-refractivity contribution is 0.149. The van der Waals surface area contributed by atoms with E-state index >= 15 is 0 Å². The van der Waals surface area contributed by atoms with Gasteiger partial charge in [0.25, 0.3) is 0 Å². The first-order chi connectivity index (χ1) is 8.61. The van der Waals surface area contributed by atoms with E-state index in [0.717, 1.165) is 10.2 Å². The van der Waals surface area contributed by atoms with Crippen molar-refractivity contribution >= 4 is 37.4 Å². The number of hydrazine groups is 1. The van der Waals surface area contributed by atoms with Gasteiger partial charge in [-0.3, -0.25) is 0 Å². The summed E-state index contributed by atoms with van der Waals surface area (Å²) in [5.41, 5.74) is 0.506. The highest BCUT2D eigenvalue weighted by Crippen LogP contribution is 2.30. The van der Waals surface area contributed by atoms with Crippen LogP contribution in [0.2, 0.25) is 0 Å². The number of rotatable bonds is 5.